The summed E-state index contributed by atoms with van der Waals surface area (Å²) in [7, 11) is 1.82. The molecule has 10 nitrogen and oxygen atoms in total. The van der Waals surface area contributed by atoms with Gasteiger partial charge in [0.15, 0.2) is 0 Å². The Morgan fingerprint density at radius 1 is 1.00 bits per heavy atom. The Morgan fingerprint density at radius 2 is 1.73 bits per heavy atom. The molecule has 4 amide bonds. The van der Waals surface area contributed by atoms with E-state index in [1.165, 1.54) is 0 Å². The molecule has 1 saturated heterocycles. The van der Waals surface area contributed by atoms with Crippen LogP contribution in [-0.2, 0) is 27.9 Å². The number of hydrazine groups is 1. The minimum Gasteiger partial charge on any atom is -0.343 e. The zero-order valence-electron chi connectivity index (χ0n) is 18.1. The summed E-state index contributed by atoms with van der Waals surface area (Å²) >= 11 is 0. The maximum absolute atomic E-state index is 12.3. The first-order valence-electron chi connectivity index (χ1n) is 10.6. The molecule has 3 N–H and O–H groups in total. The fraction of sp³-hybridized carbons (Fsp3) is 0.261. The zero-order valence-corrected chi connectivity index (χ0v) is 18.1. The quantitative estimate of drug-likeness (QED) is 0.482. The van der Waals surface area contributed by atoms with E-state index in [0.717, 1.165) is 23.1 Å². The van der Waals surface area contributed by atoms with Crippen molar-refractivity contribution < 1.29 is 19.2 Å². The highest BCUT2D eigenvalue weighted by Gasteiger charge is 2.21. The number of imidazole rings is 1. The molecule has 2 heterocycles. The molecule has 0 radical (unpaired) electrons. The van der Waals surface area contributed by atoms with Gasteiger partial charge in [0.1, 0.15) is 5.82 Å². The van der Waals surface area contributed by atoms with Crippen LogP contribution in [0.15, 0.2) is 48.5 Å². The van der Waals surface area contributed by atoms with Crippen molar-refractivity contribution in [1.29, 1.82) is 0 Å². The van der Waals surface area contributed by atoms with E-state index < -0.39 is 17.7 Å². The molecule has 0 atom stereocenters. The maximum atomic E-state index is 12.3. The third-order valence-corrected chi connectivity index (χ3v) is 5.46. The lowest BCUT2D eigenvalue weighted by molar-refractivity contribution is -0.128. The van der Waals surface area contributed by atoms with Gasteiger partial charge >= 0.3 is 0 Å². The van der Waals surface area contributed by atoms with Crippen molar-refractivity contribution in [2.45, 2.75) is 19.3 Å². The zero-order chi connectivity index (χ0) is 23.4. The predicted molar refractivity (Wildman–Crippen MR) is 121 cm³/mol. The van der Waals surface area contributed by atoms with Crippen LogP contribution in [0, 0.1) is 0 Å². The molecule has 10 heteroatoms. The van der Waals surface area contributed by atoms with Gasteiger partial charge in [0.25, 0.3) is 11.8 Å². The van der Waals surface area contributed by atoms with Crippen LogP contribution in [0.5, 0.6) is 0 Å². The Labute approximate surface area is 189 Å². The van der Waals surface area contributed by atoms with Crippen molar-refractivity contribution in [2.24, 2.45) is 7.05 Å². The summed E-state index contributed by atoms with van der Waals surface area (Å²) in [6, 6.07) is 14.2. The highest BCUT2D eigenvalue weighted by Crippen LogP contribution is 2.21. The van der Waals surface area contributed by atoms with Gasteiger partial charge in [-0.3, -0.25) is 30.0 Å². The number of carbonyl (C=O) groups is 4. The van der Waals surface area contributed by atoms with Crippen LogP contribution in [-0.4, -0.2) is 46.3 Å². The van der Waals surface area contributed by atoms with Crippen LogP contribution in [0.3, 0.4) is 0 Å². The molecule has 0 spiro atoms. The monoisotopic (exact) mass is 448 g/mol. The number of fused-ring (bicyclic) bond motifs is 1. The van der Waals surface area contributed by atoms with E-state index in [0.29, 0.717) is 24.4 Å². The summed E-state index contributed by atoms with van der Waals surface area (Å²) in [5.41, 5.74) is 7.41. The molecule has 1 fully saturated rings. The molecule has 0 unspecified atom stereocenters. The molecule has 3 aromatic rings. The molecule has 4 rings (SSSR count). The standard InChI is InChI=1S/C23H24N6O4/c1-28-18-6-3-2-5-17(18)25-19(28)13-20(30)26-27-21(31)14-24-23(33)15-8-10-16(11-9-15)29-12-4-7-22(29)32/h2-3,5-6,8-11H,4,7,12-14H2,1H3,(H,24,33)(H,26,30)(H,27,31). The van der Waals surface area contributed by atoms with Crippen LogP contribution in [0.1, 0.15) is 29.0 Å². The number of hydrogen-bond donors (Lipinski definition) is 3. The summed E-state index contributed by atoms with van der Waals surface area (Å²) in [6.07, 6.45) is 1.35. The molecule has 2 aromatic carbocycles. The van der Waals surface area contributed by atoms with Crippen molar-refractivity contribution in [3.63, 3.8) is 0 Å². The molecule has 0 saturated carbocycles. The van der Waals surface area contributed by atoms with Crippen LogP contribution < -0.4 is 21.1 Å². The minimum atomic E-state index is -0.569. The Kier molecular flexibility index (Phi) is 6.34. The molecule has 170 valence electrons. The molecule has 1 aromatic heterocycles. The minimum absolute atomic E-state index is 0.0102. The van der Waals surface area contributed by atoms with E-state index in [9.17, 15) is 19.2 Å². The average molecular weight is 448 g/mol. The lowest BCUT2D eigenvalue weighted by atomic mass is 10.2. The highest BCUT2D eigenvalue weighted by molar-refractivity contribution is 5.98. The second-order valence-corrected chi connectivity index (χ2v) is 7.73. The predicted octanol–water partition coefficient (Wildman–Crippen LogP) is 0.820. The van der Waals surface area contributed by atoms with E-state index in [2.05, 4.69) is 21.2 Å². The fourth-order valence-electron chi connectivity index (χ4n) is 3.70. The van der Waals surface area contributed by atoms with Gasteiger partial charge in [-0.05, 0) is 42.8 Å². The summed E-state index contributed by atoms with van der Waals surface area (Å²) in [5.74, 6) is -0.797. The third-order valence-electron chi connectivity index (χ3n) is 5.46. The maximum Gasteiger partial charge on any atom is 0.257 e. The van der Waals surface area contributed by atoms with Crippen LogP contribution in [0.25, 0.3) is 11.0 Å². The molecule has 0 aliphatic carbocycles. The molecule has 1 aliphatic heterocycles. The lowest BCUT2D eigenvalue weighted by Gasteiger charge is -2.15. The lowest BCUT2D eigenvalue weighted by Crippen LogP contribution is -2.47. The molecule has 33 heavy (non-hydrogen) atoms. The molecular weight excluding hydrogens is 424 g/mol. The molecular formula is C23H24N6O4. The van der Waals surface area contributed by atoms with Crippen molar-refractivity contribution in [3.05, 3.63) is 59.9 Å². The van der Waals surface area contributed by atoms with Crippen LogP contribution in [0.4, 0.5) is 5.69 Å². The van der Waals surface area contributed by atoms with Gasteiger partial charge in [-0.15, -0.1) is 0 Å². The number of nitrogens with zero attached hydrogens (tertiary/aromatic N) is 3. The van der Waals surface area contributed by atoms with Crippen molar-refractivity contribution >= 4 is 40.3 Å². The van der Waals surface area contributed by atoms with Gasteiger partial charge in [-0.25, -0.2) is 4.98 Å². The third kappa shape index (κ3) is 5.00. The van der Waals surface area contributed by atoms with Crippen molar-refractivity contribution in [3.8, 4) is 0 Å². The SMILES string of the molecule is Cn1c(CC(=O)NNC(=O)CNC(=O)c2ccc(N3CCCC3=O)cc2)nc2ccccc21. The van der Waals surface area contributed by atoms with E-state index >= 15 is 0 Å². The summed E-state index contributed by atoms with van der Waals surface area (Å²) < 4.78 is 1.82. The first-order chi connectivity index (χ1) is 15.9. The smallest absolute Gasteiger partial charge is 0.257 e. The average Bonchev–Trinajstić information content (AvgIpc) is 3.39. The van der Waals surface area contributed by atoms with Crippen molar-refractivity contribution in [1.82, 2.24) is 25.7 Å². The number of rotatable bonds is 6. The number of aryl methyl sites for hydroxylation is 1. The van der Waals surface area contributed by atoms with Gasteiger partial charge in [0.05, 0.1) is 24.0 Å². The number of aromatic nitrogens is 2. The number of anilines is 1. The second-order valence-electron chi connectivity index (χ2n) is 7.73. The van der Waals surface area contributed by atoms with E-state index in [1.807, 2.05) is 35.9 Å². The number of amides is 4. The summed E-state index contributed by atoms with van der Waals surface area (Å²) in [4.78, 5) is 54.4. The highest BCUT2D eigenvalue weighted by atomic mass is 16.2. The van der Waals surface area contributed by atoms with Crippen LogP contribution >= 0.6 is 0 Å². The van der Waals surface area contributed by atoms with E-state index in [1.54, 1.807) is 29.2 Å². The normalized spacial score (nSPS) is 13.2. The first kappa shape index (κ1) is 22.0. The van der Waals surface area contributed by atoms with E-state index in [4.69, 9.17) is 0 Å². The Hall–Kier alpha value is -4.21. The number of hydrogen-bond acceptors (Lipinski definition) is 5. The Balaban J connectivity index is 1.22. The number of nitrogens with one attached hydrogen (secondary N) is 3. The van der Waals surface area contributed by atoms with Crippen LogP contribution in [0.2, 0.25) is 0 Å². The largest absolute Gasteiger partial charge is 0.343 e. The summed E-state index contributed by atoms with van der Waals surface area (Å²) in [6.45, 7) is 0.366. The summed E-state index contributed by atoms with van der Waals surface area (Å²) in [5, 5.41) is 2.50. The van der Waals surface area contributed by atoms with Gasteiger partial charge < -0.3 is 14.8 Å². The van der Waals surface area contributed by atoms with Gasteiger partial charge in [0.2, 0.25) is 11.8 Å². The first-order valence-corrected chi connectivity index (χ1v) is 10.6. The van der Waals surface area contributed by atoms with E-state index in [-0.39, 0.29) is 18.9 Å². The van der Waals surface area contributed by atoms with Gasteiger partial charge in [-0.2, -0.15) is 0 Å². The number of carbonyl (C=O) groups excluding carboxylic acids is 4. The van der Waals surface area contributed by atoms with Gasteiger partial charge in [0, 0.05) is 31.3 Å². The second kappa shape index (κ2) is 9.51. The molecule has 1 aliphatic rings. The fourth-order valence-corrected chi connectivity index (χ4v) is 3.70. The number of para-hydroxylation sites is 2. The van der Waals surface area contributed by atoms with Crippen molar-refractivity contribution in [2.75, 3.05) is 18.0 Å². The molecule has 0 bridgehead atoms. The topological polar surface area (TPSA) is 125 Å². The Morgan fingerprint density at radius 3 is 2.42 bits per heavy atom. The Bertz CT molecular complexity index is 1220. The van der Waals surface area contributed by atoms with Gasteiger partial charge in [-0.1, -0.05) is 12.1 Å². The number of benzene rings is 2.